The van der Waals surface area contributed by atoms with Crippen LogP contribution < -0.4 is 10.1 Å². The summed E-state index contributed by atoms with van der Waals surface area (Å²) in [5, 5.41) is 4.61. The molecule has 0 aliphatic heterocycles. The van der Waals surface area contributed by atoms with Crippen molar-refractivity contribution in [2.75, 3.05) is 13.7 Å². The molecule has 0 atom stereocenters. The van der Waals surface area contributed by atoms with Crippen LogP contribution in [0, 0.1) is 0 Å². The summed E-state index contributed by atoms with van der Waals surface area (Å²) in [5.41, 5.74) is 1.84. The summed E-state index contributed by atoms with van der Waals surface area (Å²) < 4.78 is 15.9. The lowest BCUT2D eigenvalue weighted by molar-refractivity contribution is -0.145. The van der Waals surface area contributed by atoms with Crippen LogP contribution in [0.5, 0.6) is 5.75 Å². The first-order valence-corrected chi connectivity index (χ1v) is 9.82. The quantitative estimate of drug-likeness (QED) is 0.415. The van der Waals surface area contributed by atoms with Gasteiger partial charge < -0.3 is 19.5 Å². The van der Waals surface area contributed by atoms with Gasteiger partial charge in [-0.1, -0.05) is 60.7 Å². The molecule has 0 fully saturated rings. The van der Waals surface area contributed by atoms with Crippen molar-refractivity contribution in [2.45, 2.75) is 26.1 Å². The van der Waals surface area contributed by atoms with Gasteiger partial charge in [-0.3, -0.25) is 4.79 Å². The summed E-state index contributed by atoms with van der Waals surface area (Å²) in [6, 6.07) is 21.1. The van der Waals surface area contributed by atoms with Crippen molar-refractivity contribution in [3.8, 4) is 5.75 Å². The number of hydrogen-bond donors (Lipinski definition) is 1. The Labute approximate surface area is 175 Å². The molecule has 0 spiro atoms. The van der Waals surface area contributed by atoms with E-state index in [1.807, 2.05) is 66.7 Å². The standard InChI is InChI=1S/C24H25NO5/c1-28-22-14-13-19(20-10-5-6-11-21(20)22)17-29-23(26)12-7-15-25-24(27)30-16-18-8-3-2-4-9-18/h2-6,8-11,13-14H,7,12,15-17H2,1H3,(H,25,27). The minimum absolute atomic E-state index is 0.190. The maximum absolute atomic E-state index is 12.0. The monoisotopic (exact) mass is 407 g/mol. The molecule has 0 aliphatic carbocycles. The molecule has 30 heavy (non-hydrogen) atoms. The summed E-state index contributed by atoms with van der Waals surface area (Å²) in [6.07, 6.45) is 0.187. The highest BCUT2D eigenvalue weighted by atomic mass is 16.5. The van der Waals surface area contributed by atoms with E-state index in [0.29, 0.717) is 13.0 Å². The Morgan fingerprint density at radius 3 is 2.33 bits per heavy atom. The molecular weight excluding hydrogens is 382 g/mol. The number of amides is 1. The smallest absolute Gasteiger partial charge is 0.407 e. The lowest BCUT2D eigenvalue weighted by atomic mass is 10.0. The number of methoxy groups -OCH3 is 1. The minimum Gasteiger partial charge on any atom is -0.496 e. The van der Waals surface area contributed by atoms with Crippen molar-refractivity contribution in [2.24, 2.45) is 0 Å². The van der Waals surface area contributed by atoms with Gasteiger partial charge >= 0.3 is 12.1 Å². The molecule has 1 amide bonds. The van der Waals surface area contributed by atoms with Gasteiger partial charge in [0.2, 0.25) is 0 Å². The maximum Gasteiger partial charge on any atom is 0.407 e. The second kappa shape index (κ2) is 10.9. The summed E-state index contributed by atoms with van der Waals surface area (Å²) in [4.78, 5) is 23.7. The predicted octanol–water partition coefficient (Wildman–Crippen LogP) is 4.60. The number of ether oxygens (including phenoxy) is 3. The van der Waals surface area contributed by atoms with Crippen molar-refractivity contribution in [3.63, 3.8) is 0 Å². The molecule has 0 bridgehead atoms. The highest BCUT2D eigenvalue weighted by molar-refractivity contribution is 5.91. The second-order valence-electron chi connectivity index (χ2n) is 6.73. The Balaban J connectivity index is 1.37. The maximum atomic E-state index is 12.0. The number of carbonyl (C=O) groups excluding carboxylic acids is 2. The molecule has 0 radical (unpaired) electrons. The third-order valence-electron chi connectivity index (χ3n) is 4.62. The lowest BCUT2D eigenvalue weighted by Crippen LogP contribution is -2.25. The number of hydrogen-bond acceptors (Lipinski definition) is 5. The van der Waals surface area contributed by atoms with Gasteiger partial charge in [-0.05, 0) is 29.0 Å². The predicted molar refractivity (Wildman–Crippen MR) is 114 cm³/mol. The highest BCUT2D eigenvalue weighted by Gasteiger charge is 2.09. The van der Waals surface area contributed by atoms with Crippen molar-refractivity contribution >= 4 is 22.8 Å². The van der Waals surface area contributed by atoms with Crippen LogP contribution in [0.1, 0.15) is 24.0 Å². The van der Waals surface area contributed by atoms with Crippen LogP contribution in [0.3, 0.4) is 0 Å². The van der Waals surface area contributed by atoms with Crippen molar-refractivity contribution in [3.05, 3.63) is 77.9 Å². The number of rotatable bonds is 9. The van der Waals surface area contributed by atoms with E-state index in [-0.39, 0.29) is 25.6 Å². The minimum atomic E-state index is -0.503. The van der Waals surface area contributed by atoms with Gasteiger partial charge in [0.15, 0.2) is 0 Å². The Hall–Kier alpha value is -3.54. The molecule has 0 unspecified atom stereocenters. The average molecular weight is 407 g/mol. The normalized spacial score (nSPS) is 10.4. The number of fused-ring (bicyclic) bond motifs is 1. The Kier molecular flexibility index (Phi) is 7.66. The average Bonchev–Trinajstić information content (AvgIpc) is 2.79. The molecule has 156 valence electrons. The van der Waals surface area contributed by atoms with E-state index in [4.69, 9.17) is 14.2 Å². The third-order valence-corrected chi connectivity index (χ3v) is 4.62. The Morgan fingerprint density at radius 2 is 1.57 bits per heavy atom. The summed E-state index contributed by atoms with van der Waals surface area (Å²) >= 11 is 0. The van der Waals surface area contributed by atoms with Crippen LogP contribution in [0.2, 0.25) is 0 Å². The lowest BCUT2D eigenvalue weighted by Gasteiger charge is -2.11. The van der Waals surface area contributed by atoms with Gasteiger partial charge in [-0.2, -0.15) is 0 Å². The summed E-state index contributed by atoms with van der Waals surface area (Å²) in [7, 11) is 1.63. The first-order chi connectivity index (χ1) is 14.7. The fraction of sp³-hybridized carbons (Fsp3) is 0.250. The van der Waals surface area contributed by atoms with Crippen LogP contribution >= 0.6 is 0 Å². The highest BCUT2D eigenvalue weighted by Crippen LogP contribution is 2.28. The fourth-order valence-corrected chi connectivity index (χ4v) is 3.07. The van der Waals surface area contributed by atoms with Gasteiger partial charge in [0, 0.05) is 18.4 Å². The molecule has 6 heteroatoms. The third kappa shape index (κ3) is 5.98. The number of esters is 1. The van der Waals surface area contributed by atoms with E-state index in [2.05, 4.69) is 5.32 Å². The first kappa shape index (κ1) is 21.2. The zero-order valence-corrected chi connectivity index (χ0v) is 16.9. The van der Waals surface area contributed by atoms with Crippen LogP contribution in [0.15, 0.2) is 66.7 Å². The largest absolute Gasteiger partial charge is 0.496 e. The number of nitrogens with one attached hydrogen (secondary N) is 1. The molecule has 1 N–H and O–H groups in total. The molecule has 3 aromatic carbocycles. The molecule has 0 aromatic heterocycles. The van der Waals surface area contributed by atoms with E-state index in [9.17, 15) is 9.59 Å². The van der Waals surface area contributed by atoms with Gasteiger partial charge in [0.05, 0.1) is 7.11 Å². The van der Waals surface area contributed by atoms with Crippen LogP contribution in [-0.4, -0.2) is 25.7 Å². The fourth-order valence-electron chi connectivity index (χ4n) is 3.07. The van der Waals surface area contributed by atoms with Crippen LogP contribution in [-0.2, 0) is 27.5 Å². The molecule has 0 saturated carbocycles. The van der Waals surface area contributed by atoms with Crippen molar-refractivity contribution in [1.29, 1.82) is 0 Å². The molecule has 3 rings (SSSR count). The molecular formula is C24H25NO5. The second-order valence-corrected chi connectivity index (χ2v) is 6.73. The number of carbonyl (C=O) groups is 2. The van der Waals surface area contributed by atoms with E-state index in [1.54, 1.807) is 7.11 Å². The molecule has 6 nitrogen and oxygen atoms in total. The molecule has 0 saturated heterocycles. The van der Waals surface area contributed by atoms with Gasteiger partial charge in [0.1, 0.15) is 19.0 Å². The zero-order valence-electron chi connectivity index (χ0n) is 16.9. The van der Waals surface area contributed by atoms with E-state index in [0.717, 1.165) is 27.6 Å². The van der Waals surface area contributed by atoms with E-state index >= 15 is 0 Å². The van der Waals surface area contributed by atoms with Gasteiger partial charge in [0.25, 0.3) is 0 Å². The van der Waals surface area contributed by atoms with Crippen molar-refractivity contribution < 1.29 is 23.8 Å². The van der Waals surface area contributed by atoms with Gasteiger partial charge in [-0.15, -0.1) is 0 Å². The topological polar surface area (TPSA) is 73.9 Å². The van der Waals surface area contributed by atoms with Crippen molar-refractivity contribution in [1.82, 2.24) is 5.32 Å². The molecule has 0 heterocycles. The SMILES string of the molecule is COc1ccc(COC(=O)CCCNC(=O)OCc2ccccc2)c2ccccc12. The van der Waals surface area contributed by atoms with E-state index in [1.165, 1.54) is 0 Å². The van der Waals surface area contributed by atoms with Crippen LogP contribution in [0.4, 0.5) is 4.79 Å². The van der Waals surface area contributed by atoms with E-state index < -0.39 is 6.09 Å². The summed E-state index contributed by atoms with van der Waals surface area (Å²) in [5.74, 6) is 0.472. The first-order valence-electron chi connectivity index (χ1n) is 9.82. The summed E-state index contributed by atoms with van der Waals surface area (Å²) in [6.45, 7) is 0.745. The Bertz CT molecular complexity index is 987. The number of benzene rings is 3. The Morgan fingerprint density at radius 1 is 0.833 bits per heavy atom. The number of alkyl carbamates (subject to hydrolysis) is 1. The van der Waals surface area contributed by atoms with Gasteiger partial charge in [-0.25, -0.2) is 4.79 Å². The molecule has 0 aliphatic rings. The molecule has 3 aromatic rings. The zero-order chi connectivity index (χ0) is 21.2. The van der Waals surface area contributed by atoms with Crippen LogP contribution in [0.25, 0.3) is 10.8 Å².